The number of hydrogen-bond donors (Lipinski definition) is 1. The number of aryl methyl sites for hydroxylation is 1. The highest BCUT2D eigenvalue weighted by atomic mass is 32.2. The lowest BCUT2D eigenvalue weighted by Gasteiger charge is -2.19. The molecule has 134 valence electrons. The van der Waals surface area contributed by atoms with Crippen LogP contribution in [0.25, 0.3) is 0 Å². The van der Waals surface area contributed by atoms with Crippen LogP contribution < -0.4 is 10.1 Å². The van der Waals surface area contributed by atoms with Crippen molar-refractivity contribution in [3.05, 3.63) is 36.3 Å². The molecule has 0 amide bonds. The Morgan fingerprint density at radius 1 is 1.20 bits per heavy atom. The lowest BCUT2D eigenvalue weighted by molar-refractivity contribution is 0.330. The van der Waals surface area contributed by atoms with Gasteiger partial charge in [0.25, 0.3) is 0 Å². The predicted octanol–water partition coefficient (Wildman–Crippen LogP) is 2.71. The maximum atomic E-state index is 13.0. The molecule has 2 aromatic rings. The van der Waals surface area contributed by atoms with Crippen LogP contribution in [0.15, 0.2) is 35.5 Å². The maximum Gasteiger partial charge on any atom is 0.246 e. The Balaban J connectivity index is 1.97. The summed E-state index contributed by atoms with van der Waals surface area (Å²) in [5, 5.41) is 3.13. The SMILES string of the molecule is CCOc1ccc(Nc2cc(C)ncn2)cc1S(=O)(=O)N1CCCC1. The van der Waals surface area contributed by atoms with Gasteiger partial charge in [-0.05, 0) is 44.9 Å². The molecule has 1 aromatic heterocycles. The average molecular weight is 362 g/mol. The molecule has 1 aliphatic heterocycles. The molecular weight excluding hydrogens is 340 g/mol. The van der Waals surface area contributed by atoms with Gasteiger partial charge in [-0.3, -0.25) is 0 Å². The van der Waals surface area contributed by atoms with Crippen molar-refractivity contribution in [3.63, 3.8) is 0 Å². The molecule has 0 atom stereocenters. The molecule has 0 saturated carbocycles. The zero-order valence-corrected chi connectivity index (χ0v) is 15.2. The first kappa shape index (κ1) is 17.6. The molecule has 2 heterocycles. The minimum Gasteiger partial charge on any atom is -0.492 e. The van der Waals surface area contributed by atoms with E-state index in [2.05, 4.69) is 15.3 Å². The summed E-state index contributed by atoms with van der Waals surface area (Å²) in [5.74, 6) is 0.986. The Kier molecular flexibility index (Phi) is 5.19. The molecule has 1 fully saturated rings. The molecule has 0 radical (unpaired) electrons. The molecule has 0 spiro atoms. The maximum absolute atomic E-state index is 13.0. The van der Waals surface area contributed by atoms with E-state index in [-0.39, 0.29) is 4.90 Å². The van der Waals surface area contributed by atoms with Crippen molar-refractivity contribution < 1.29 is 13.2 Å². The summed E-state index contributed by atoms with van der Waals surface area (Å²) in [6, 6.07) is 6.87. The van der Waals surface area contributed by atoms with E-state index in [9.17, 15) is 8.42 Å². The molecule has 8 heteroatoms. The van der Waals surface area contributed by atoms with Crippen molar-refractivity contribution in [3.8, 4) is 5.75 Å². The summed E-state index contributed by atoms with van der Waals surface area (Å²) in [7, 11) is -3.58. The van der Waals surface area contributed by atoms with E-state index in [1.54, 1.807) is 24.3 Å². The first-order chi connectivity index (χ1) is 12.0. The first-order valence-corrected chi connectivity index (χ1v) is 9.77. The van der Waals surface area contributed by atoms with E-state index in [1.165, 1.54) is 10.6 Å². The summed E-state index contributed by atoms with van der Waals surface area (Å²) in [4.78, 5) is 8.39. The highest BCUT2D eigenvalue weighted by molar-refractivity contribution is 7.89. The predicted molar refractivity (Wildman–Crippen MR) is 95.7 cm³/mol. The Morgan fingerprint density at radius 3 is 2.64 bits per heavy atom. The van der Waals surface area contributed by atoms with Crippen molar-refractivity contribution in [1.82, 2.24) is 14.3 Å². The van der Waals surface area contributed by atoms with Crippen molar-refractivity contribution in [2.75, 3.05) is 25.0 Å². The van der Waals surface area contributed by atoms with E-state index in [0.717, 1.165) is 18.5 Å². The number of anilines is 2. The quantitative estimate of drug-likeness (QED) is 0.850. The number of nitrogens with one attached hydrogen (secondary N) is 1. The second kappa shape index (κ2) is 7.37. The van der Waals surface area contributed by atoms with Crippen LogP contribution >= 0.6 is 0 Å². The molecular formula is C17H22N4O3S. The normalized spacial score (nSPS) is 15.3. The van der Waals surface area contributed by atoms with Crippen LogP contribution in [0.3, 0.4) is 0 Å². The summed E-state index contributed by atoms with van der Waals surface area (Å²) in [5.41, 5.74) is 1.47. The van der Waals surface area contributed by atoms with Crippen molar-refractivity contribution in [2.45, 2.75) is 31.6 Å². The monoisotopic (exact) mass is 362 g/mol. The van der Waals surface area contributed by atoms with Crippen LogP contribution in [0, 0.1) is 6.92 Å². The largest absolute Gasteiger partial charge is 0.492 e. The average Bonchev–Trinajstić information content (AvgIpc) is 3.12. The van der Waals surface area contributed by atoms with Crippen molar-refractivity contribution >= 4 is 21.5 Å². The van der Waals surface area contributed by atoms with Gasteiger partial charge in [-0.15, -0.1) is 0 Å². The molecule has 7 nitrogen and oxygen atoms in total. The fourth-order valence-electron chi connectivity index (χ4n) is 2.80. The van der Waals surface area contributed by atoms with Gasteiger partial charge in [-0.2, -0.15) is 4.31 Å². The Labute approximate surface area is 148 Å². The van der Waals surface area contributed by atoms with Crippen LogP contribution in [0.1, 0.15) is 25.5 Å². The lowest BCUT2D eigenvalue weighted by atomic mass is 10.3. The van der Waals surface area contributed by atoms with Crippen molar-refractivity contribution in [2.24, 2.45) is 0 Å². The summed E-state index contributed by atoms with van der Waals surface area (Å²) in [6.07, 6.45) is 3.25. The molecule has 0 bridgehead atoms. The molecule has 1 saturated heterocycles. The number of aromatic nitrogens is 2. The molecule has 1 aliphatic rings. The number of sulfonamides is 1. The number of hydrogen-bond acceptors (Lipinski definition) is 6. The highest BCUT2D eigenvalue weighted by Gasteiger charge is 2.30. The topological polar surface area (TPSA) is 84.4 Å². The molecule has 0 unspecified atom stereocenters. The Bertz CT molecular complexity index is 849. The molecule has 1 aromatic carbocycles. The minimum absolute atomic E-state index is 0.187. The number of benzene rings is 1. The third kappa shape index (κ3) is 3.91. The van der Waals surface area contributed by atoms with E-state index in [1.807, 2.05) is 13.8 Å². The molecule has 0 aliphatic carbocycles. The Hall–Kier alpha value is -2.19. The van der Waals surface area contributed by atoms with Crippen LogP contribution in [0.4, 0.5) is 11.5 Å². The Morgan fingerprint density at radius 2 is 1.96 bits per heavy atom. The van der Waals surface area contributed by atoms with Crippen LogP contribution in [0.5, 0.6) is 5.75 Å². The van der Waals surface area contributed by atoms with Crippen LogP contribution in [0.2, 0.25) is 0 Å². The standard InChI is InChI=1S/C17H22N4O3S/c1-3-24-15-7-6-14(20-17-10-13(2)18-12-19-17)11-16(15)25(22,23)21-8-4-5-9-21/h6-7,10-12H,3-5,8-9H2,1-2H3,(H,18,19,20). The smallest absolute Gasteiger partial charge is 0.246 e. The van der Waals surface area contributed by atoms with E-state index >= 15 is 0 Å². The summed E-state index contributed by atoms with van der Waals surface area (Å²) in [6.45, 7) is 5.21. The molecule has 1 N–H and O–H groups in total. The van der Waals surface area contributed by atoms with E-state index in [4.69, 9.17) is 4.74 Å². The van der Waals surface area contributed by atoms with Gasteiger partial charge in [0.05, 0.1) is 6.61 Å². The fourth-order valence-corrected chi connectivity index (χ4v) is 4.47. The molecule has 3 rings (SSSR count). The van der Waals surface area contributed by atoms with Gasteiger partial charge in [0, 0.05) is 30.5 Å². The number of rotatable bonds is 6. The van der Waals surface area contributed by atoms with Gasteiger partial charge in [-0.1, -0.05) is 0 Å². The summed E-state index contributed by atoms with van der Waals surface area (Å²) >= 11 is 0. The van der Waals surface area contributed by atoms with Gasteiger partial charge in [0.15, 0.2) is 0 Å². The number of ether oxygens (including phenoxy) is 1. The van der Waals surface area contributed by atoms with Gasteiger partial charge in [0.1, 0.15) is 22.8 Å². The fraction of sp³-hybridized carbons (Fsp3) is 0.412. The second-order valence-corrected chi connectivity index (χ2v) is 7.78. The third-order valence-electron chi connectivity index (χ3n) is 4.00. The van der Waals surface area contributed by atoms with E-state index < -0.39 is 10.0 Å². The zero-order chi connectivity index (χ0) is 17.9. The van der Waals surface area contributed by atoms with Gasteiger partial charge in [0.2, 0.25) is 10.0 Å². The number of nitrogens with zero attached hydrogens (tertiary/aromatic N) is 3. The van der Waals surface area contributed by atoms with Gasteiger partial charge in [-0.25, -0.2) is 18.4 Å². The third-order valence-corrected chi connectivity index (χ3v) is 5.92. The second-order valence-electron chi connectivity index (χ2n) is 5.88. The van der Waals surface area contributed by atoms with E-state index in [0.29, 0.717) is 37.0 Å². The minimum atomic E-state index is -3.58. The van der Waals surface area contributed by atoms with Crippen LogP contribution in [-0.4, -0.2) is 42.4 Å². The lowest BCUT2D eigenvalue weighted by Crippen LogP contribution is -2.28. The summed E-state index contributed by atoms with van der Waals surface area (Å²) < 4.78 is 33.0. The van der Waals surface area contributed by atoms with Crippen LogP contribution in [-0.2, 0) is 10.0 Å². The van der Waals surface area contributed by atoms with Crippen molar-refractivity contribution in [1.29, 1.82) is 0 Å². The molecule has 25 heavy (non-hydrogen) atoms. The van der Waals surface area contributed by atoms with Gasteiger partial charge >= 0.3 is 0 Å². The zero-order valence-electron chi connectivity index (χ0n) is 14.4. The first-order valence-electron chi connectivity index (χ1n) is 8.33. The highest BCUT2D eigenvalue weighted by Crippen LogP contribution is 2.32. The van der Waals surface area contributed by atoms with Gasteiger partial charge < -0.3 is 10.1 Å².